The number of rotatable bonds is 5. The van der Waals surface area contributed by atoms with Gasteiger partial charge in [-0.1, -0.05) is 41.9 Å². The van der Waals surface area contributed by atoms with Crippen molar-refractivity contribution >= 4 is 40.5 Å². The van der Waals surface area contributed by atoms with E-state index in [9.17, 15) is 14.4 Å². The molecule has 0 unspecified atom stereocenters. The van der Waals surface area contributed by atoms with Crippen LogP contribution in [0.4, 0.5) is 4.79 Å². The number of nitrogens with one attached hydrogen (secondary N) is 1. The van der Waals surface area contributed by atoms with E-state index in [1.807, 2.05) is 18.2 Å². The molecular formula is C24H25ClN2O5. The zero-order chi connectivity index (χ0) is 23.5. The number of aromatic nitrogens is 1. The number of hydrogen-bond acceptors (Lipinski definition) is 5. The maximum Gasteiger partial charge on any atom is 0.419 e. The molecule has 32 heavy (non-hydrogen) atoms. The molecule has 0 aliphatic heterocycles. The number of carbonyl (C=O) groups is 3. The molecule has 3 aromatic rings. The minimum Gasteiger partial charge on any atom is -0.467 e. The van der Waals surface area contributed by atoms with E-state index in [4.69, 9.17) is 21.1 Å². The lowest BCUT2D eigenvalue weighted by Gasteiger charge is -2.19. The van der Waals surface area contributed by atoms with Crippen molar-refractivity contribution < 1.29 is 23.9 Å². The number of benzene rings is 2. The fourth-order valence-electron chi connectivity index (χ4n) is 3.31. The number of fused-ring (bicyclic) bond motifs is 1. The summed E-state index contributed by atoms with van der Waals surface area (Å²) < 4.78 is 11.8. The second-order valence-electron chi connectivity index (χ2n) is 8.26. The number of carbonyl (C=O) groups excluding carboxylic acids is 3. The summed E-state index contributed by atoms with van der Waals surface area (Å²) in [6.45, 7) is 5.36. The van der Waals surface area contributed by atoms with Crippen LogP contribution in [0.25, 0.3) is 10.9 Å². The predicted octanol–water partition coefficient (Wildman–Crippen LogP) is 4.59. The van der Waals surface area contributed by atoms with Crippen LogP contribution in [0.3, 0.4) is 0 Å². The number of para-hydroxylation sites is 1. The zero-order valence-corrected chi connectivity index (χ0v) is 19.1. The number of ether oxygens (including phenoxy) is 2. The average molecular weight is 457 g/mol. The maximum atomic E-state index is 12.7. The normalized spacial score (nSPS) is 12.3. The Morgan fingerprint density at radius 2 is 1.72 bits per heavy atom. The molecule has 7 nitrogen and oxygen atoms in total. The molecule has 0 spiro atoms. The second kappa shape index (κ2) is 9.44. The van der Waals surface area contributed by atoms with Gasteiger partial charge in [0.2, 0.25) is 0 Å². The minimum atomic E-state index is -0.985. The topological polar surface area (TPSA) is 86.6 Å². The van der Waals surface area contributed by atoms with Gasteiger partial charge in [0.15, 0.2) is 0 Å². The number of hydrogen-bond donors (Lipinski definition) is 1. The van der Waals surface area contributed by atoms with Crippen LogP contribution in [-0.4, -0.2) is 41.3 Å². The lowest BCUT2D eigenvalue weighted by atomic mass is 10.0. The van der Waals surface area contributed by atoms with Gasteiger partial charge in [0.25, 0.3) is 5.91 Å². The number of nitrogens with zero attached hydrogens (tertiary/aromatic N) is 1. The molecule has 0 fully saturated rings. The first kappa shape index (κ1) is 23.3. The van der Waals surface area contributed by atoms with Gasteiger partial charge >= 0.3 is 12.1 Å². The highest BCUT2D eigenvalue weighted by Gasteiger charge is 2.27. The van der Waals surface area contributed by atoms with E-state index in [-0.39, 0.29) is 17.0 Å². The van der Waals surface area contributed by atoms with Gasteiger partial charge in [-0.25, -0.2) is 9.59 Å². The van der Waals surface area contributed by atoms with Crippen molar-refractivity contribution in [3.05, 3.63) is 70.9 Å². The molecular weight excluding hydrogens is 432 g/mol. The smallest absolute Gasteiger partial charge is 0.419 e. The fraction of sp³-hybridized carbons (Fsp3) is 0.292. The van der Waals surface area contributed by atoms with Crippen LogP contribution in [0.2, 0.25) is 5.02 Å². The van der Waals surface area contributed by atoms with Gasteiger partial charge in [-0.3, -0.25) is 9.36 Å². The van der Waals surface area contributed by atoms with Gasteiger partial charge in [0.1, 0.15) is 11.6 Å². The molecule has 1 N–H and O–H groups in total. The molecule has 8 heteroatoms. The van der Waals surface area contributed by atoms with E-state index in [2.05, 4.69) is 5.32 Å². The van der Waals surface area contributed by atoms with E-state index in [0.717, 1.165) is 5.39 Å². The van der Waals surface area contributed by atoms with Crippen molar-refractivity contribution in [3.8, 4) is 0 Å². The Hall–Kier alpha value is -3.32. The molecule has 1 amide bonds. The quantitative estimate of drug-likeness (QED) is 0.567. The van der Waals surface area contributed by atoms with Crippen molar-refractivity contribution in [1.29, 1.82) is 0 Å². The third-order valence-corrected chi connectivity index (χ3v) is 5.05. The van der Waals surface area contributed by atoms with Gasteiger partial charge in [-0.05, 0) is 44.5 Å². The van der Waals surface area contributed by atoms with Gasteiger partial charge in [0, 0.05) is 18.0 Å². The monoisotopic (exact) mass is 456 g/mol. The zero-order valence-electron chi connectivity index (χ0n) is 18.3. The van der Waals surface area contributed by atoms with E-state index < -0.39 is 29.6 Å². The Bertz CT molecular complexity index is 1160. The SMILES string of the molecule is COC(=O)[C@H](Cc1cn(C(=O)OC(C)(C)C)c2ccccc12)NC(=O)c1ccccc1Cl. The van der Waals surface area contributed by atoms with Crippen LogP contribution < -0.4 is 5.32 Å². The minimum absolute atomic E-state index is 0.110. The molecule has 1 aromatic heterocycles. The van der Waals surface area contributed by atoms with E-state index in [0.29, 0.717) is 11.1 Å². The van der Waals surface area contributed by atoms with Gasteiger partial charge < -0.3 is 14.8 Å². The Labute approximate surface area is 191 Å². The summed E-state index contributed by atoms with van der Waals surface area (Å²) >= 11 is 6.11. The maximum absolute atomic E-state index is 12.7. The summed E-state index contributed by atoms with van der Waals surface area (Å²) in [4.78, 5) is 37.9. The lowest BCUT2D eigenvalue weighted by Crippen LogP contribution is -2.43. The first-order valence-corrected chi connectivity index (χ1v) is 10.4. The molecule has 3 rings (SSSR count). The number of methoxy groups -OCH3 is 1. The highest BCUT2D eigenvalue weighted by Crippen LogP contribution is 2.24. The van der Waals surface area contributed by atoms with E-state index in [1.165, 1.54) is 11.7 Å². The second-order valence-corrected chi connectivity index (χ2v) is 8.66. The average Bonchev–Trinajstić information content (AvgIpc) is 3.10. The van der Waals surface area contributed by atoms with Crippen molar-refractivity contribution in [2.24, 2.45) is 0 Å². The summed E-state index contributed by atoms with van der Waals surface area (Å²) in [5.74, 6) is -1.11. The van der Waals surface area contributed by atoms with Gasteiger partial charge in [0.05, 0.1) is 23.2 Å². The van der Waals surface area contributed by atoms with Crippen LogP contribution >= 0.6 is 11.6 Å². The summed E-state index contributed by atoms with van der Waals surface area (Å²) in [6.07, 6.45) is 1.20. The largest absolute Gasteiger partial charge is 0.467 e. The van der Waals surface area contributed by atoms with Crippen molar-refractivity contribution in [3.63, 3.8) is 0 Å². The van der Waals surface area contributed by atoms with Crippen LogP contribution in [0.15, 0.2) is 54.7 Å². The third kappa shape index (κ3) is 5.29. The van der Waals surface area contributed by atoms with Crippen LogP contribution in [0.5, 0.6) is 0 Å². The summed E-state index contributed by atoms with van der Waals surface area (Å²) in [7, 11) is 1.25. The Kier molecular flexibility index (Phi) is 6.89. The third-order valence-electron chi connectivity index (χ3n) is 4.72. The Morgan fingerprint density at radius 3 is 2.38 bits per heavy atom. The lowest BCUT2D eigenvalue weighted by molar-refractivity contribution is -0.142. The molecule has 0 radical (unpaired) electrons. The van der Waals surface area contributed by atoms with Crippen LogP contribution in [0.1, 0.15) is 36.7 Å². The van der Waals surface area contributed by atoms with Crippen molar-refractivity contribution in [2.45, 2.75) is 38.8 Å². The predicted molar refractivity (Wildman–Crippen MR) is 122 cm³/mol. The molecule has 168 valence electrons. The first-order valence-electron chi connectivity index (χ1n) is 10.1. The molecule has 0 saturated carbocycles. The molecule has 2 aromatic carbocycles. The molecule has 0 aliphatic rings. The van der Waals surface area contributed by atoms with Crippen LogP contribution in [0, 0.1) is 0 Å². The number of esters is 1. The fourth-order valence-corrected chi connectivity index (χ4v) is 3.53. The van der Waals surface area contributed by atoms with Crippen molar-refractivity contribution in [1.82, 2.24) is 9.88 Å². The summed E-state index contributed by atoms with van der Waals surface area (Å²) in [5.41, 5.74) is 0.901. The summed E-state index contributed by atoms with van der Waals surface area (Å²) in [5, 5.41) is 3.73. The van der Waals surface area contributed by atoms with E-state index in [1.54, 1.807) is 57.3 Å². The molecule has 0 aliphatic carbocycles. The Morgan fingerprint density at radius 1 is 1.06 bits per heavy atom. The molecule has 1 heterocycles. The number of amides is 1. The molecule has 0 saturated heterocycles. The summed E-state index contributed by atoms with van der Waals surface area (Å²) in [6, 6.07) is 12.9. The highest BCUT2D eigenvalue weighted by molar-refractivity contribution is 6.33. The van der Waals surface area contributed by atoms with Crippen LogP contribution in [-0.2, 0) is 20.7 Å². The number of halogens is 1. The van der Waals surface area contributed by atoms with Gasteiger partial charge in [-0.15, -0.1) is 0 Å². The molecule has 0 bridgehead atoms. The van der Waals surface area contributed by atoms with Gasteiger partial charge in [-0.2, -0.15) is 0 Å². The van der Waals surface area contributed by atoms with E-state index >= 15 is 0 Å². The Balaban J connectivity index is 1.94. The first-order chi connectivity index (χ1) is 15.1. The van der Waals surface area contributed by atoms with Crippen molar-refractivity contribution in [2.75, 3.05) is 7.11 Å². The highest BCUT2D eigenvalue weighted by atomic mass is 35.5. The molecule has 1 atom stereocenters. The standard InChI is InChI=1S/C24H25ClN2O5/c1-24(2,3)32-23(30)27-14-15(16-9-6-8-12-20(16)27)13-19(22(29)31-4)26-21(28)17-10-5-7-11-18(17)25/h5-12,14,19H,13H2,1-4H3,(H,26,28)/t19-/m0/s1.